The molecule has 5 nitrogen and oxygen atoms in total. The van der Waals surface area contributed by atoms with Gasteiger partial charge in [-0.3, -0.25) is 4.79 Å². The lowest BCUT2D eigenvalue weighted by Gasteiger charge is -2.32. The molecule has 1 atom stereocenters. The molecule has 0 aromatic rings. The maximum Gasteiger partial charge on any atom is 0.224 e. The van der Waals surface area contributed by atoms with Crippen molar-refractivity contribution in [2.24, 2.45) is 0 Å². The monoisotopic (exact) mass is 320 g/mol. The molecule has 0 saturated carbocycles. The Bertz CT molecular complexity index is 291. The fraction of sp³-hybridized carbons (Fsp3) is 0.933. The number of carbonyl (C=O) groups is 1. The molecule has 2 heterocycles. The minimum Gasteiger partial charge on any atom is -0.385 e. The molecule has 1 N–H and O–H groups in total. The Kier molecular flexibility index (Phi) is 9.24. The van der Waals surface area contributed by atoms with E-state index in [1.54, 1.807) is 7.11 Å². The Labute approximate surface area is 134 Å². The van der Waals surface area contributed by atoms with E-state index in [-0.39, 0.29) is 12.4 Å². The van der Waals surface area contributed by atoms with Crippen LogP contribution in [0.1, 0.15) is 38.5 Å². The van der Waals surface area contributed by atoms with Crippen LogP contribution in [-0.4, -0.2) is 62.9 Å². The number of hydrogen-bond acceptors (Lipinski definition) is 4. The van der Waals surface area contributed by atoms with E-state index in [1.165, 1.54) is 6.42 Å². The Morgan fingerprint density at radius 1 is 1.24 bits per heavy atom. The van der Waals surface area contributed by atoms with Crippen LogP contribution in [0.3, 0.4) is 0 Å². The van der Waals surface area contributed by atoms with Crippen LogP contribution in [0.2, 0.25) is 0 Å². The van der Waals surface area contributed by atoms with Crippen molar-refractivity contribution < 1.29 is 14.3 Å². The molecule has 124 valence electrons. The summed E-state index contributed by atoms with van der Waals surface area (Å²) in [6, 6.07) is 0.408. The van der Waals surface area contributed by atoms with E-state index in [2.05, 4.69) is 5.32 Å². The largest absolute Gasteiger partial charge is 0.385 e. The highest BCUT2D eigenvalue weighted by Gasteiger charge is 2.25. The summed E-state index contributed by atoms with van der Waals surface area (Å²) in [7, 11) is 1.71. The van der Waals surface area contributed by atoms with Crippen molar-refractivity contribution in [2.45, 2.75) is 50.7 Å². The lowest BCUT2D eigenvalue weighted by atomic mass is 10.1. The number of piperidine rings is 1. The van der Waals surface area contributed by atoms with Gasteiger partial charge in [0.2, 0.25) is 5.91 Å². The number of nitrogens with zero attached hydrogens (tertiary/aromatic N) is 1. The number of methoxy groups -OCH3 is 1. The highest BCUT2D eigenvalue weighted by molar-refractivity contribution is 5.85. The number of ether oxygens (including phenoxy) is 2. The normalized spacial score (nSPS) is 23.1. The fourth-order valence-electron chi connectivity index (χ4n) is 3.00. The van der Waals surface area contributed by atoms with Crippen molar-refractivity contribution >= 4 is 18.3 Å². The molecule has 0 radical (unpaired) electrons. The topological polar surface area (TPSA) is 50.8 Å². The lowest BCUT2D eigenvalue weighted by Crippen LogP contribution is -2.42. The molecule has 0 aromatic carbocycles. The van der Waals surface area contributed by atoms with Gasteiger partial charge in [0, 0.05) is 45.9 Å². The summed E-state index contributed by atoms with van der Waals surface area (Å²) in [5.74, 6) is 0.308. The van der Waals surface area contributed by atoms with Crippen LogP contribution in [0, 0.1) is 0 Å². The first-order chi connectivity index (χ1) is 9.79. The summed E-state index contributed by atoms with van der Waals surface area (Å²) in [5.41, 5.74) is 0. The zero-order valence-electron chi connectivity index (χ0n) is 13.0. The molecule has 6 heteroatoms. The smallest absolute Gasteiger partial charge is 0.224 e. The second-order valence-corrected chi connectivity index (χ2v) is 5.79. The van der Waals surface area contributed by atoms with Gasteiger partial charge < -0.3 is 19.7 Å². The van der Waals surface area contributed by atoms with E-state index >= 15 is 0 Å². The van der Waals surface area contributed by atoms with Crippen molar-refractivity contribution in [3.63, 3.8) is 0 Å². The first kappa shape index (κ1) is 18.7. The Morgan fingerprint density at radius 2 is 2.00 bits per heavy atom. The molecule has 2 saturated heterocycles. The number of amides is 1. The lowest BCUT2D eigenvalue weighted by molar-refractivity contribution is -0.134. The molecule has 2 rings (SSSR count). The second kappa shape index (κ2) is 10.4. The van der Waals surface area contributed by atoms with Crippen LogP contribution < -0.4 is 5.32 Å². The molecule has 0 aromatic heterocycles. The second-order valence-electron chi connectivity index (χ2n) is 5.79. The minimum absolute atomic E-state index is 0. The fourth-order valence-corrected chi connectivity index (χ4v) is 3.00. The van der Waals surface area contributed by atoms with E-state index in [0.717, 1.165) is 58.5 Å². The van der Waals surface area contributed by atoms with Crippen molar-refractivity contribution in [3.8, 4) is 0 Å². The van der Waals surface area contributed by atoms with Gasteiger partial charge in [-0.1, -0.05) is 0 Å². The SMILES string of the molecule is COCCCOC1CCN(C(=O)CC2CCCN2)CC1.Cl. The van der Waals surface area contributed by atoms with Crippen molar-refractivity contribution in [1.82, 2.24) is 10.2 Å². The van der Waals surface area contributed by atoms with Gasteiger partial charge in [-0.05, 0) is 38.6 Å². The molecule has 0 aliphatic carbocycles. The zero-order chi connectivity index (χ0) is 14.2. The van der Waals surface area contributed by atoms with Gasteiger partial charge >= 0.3 is 0 Å². The predicted molar refractivity (Wildman–Crippen MR) is 84.9 cm³/mol. The van der Waals surface area contributed by atoms with Gasteiger partial charge in [-0.15, -0.1) is 12.4 Å². The quantitative estimate of drug-likeness (QED) is 0.724. The molecule has 21 heavy (non-hydrogen) atoms. The van der Waals surface area contributed by atoms with Crippen molar-refractivity contribution in [1.29, 1.82) is 0 Å². The first-order valence-corrected chi connectivity index (χ1v) is 7.91. The van der Waals surface area contributed by atoms with E-state index in [0.29, 0.717) is 24.5 Å². The highest BCUT2D eigenvalue weighted by Crippen LogP contribution is 2.17. The third kappa shape index (κ3) is 6.51. The average Bonchev–Trinajstić information content (AvgIpc) is 2.97. The highest BCUT2D eigenvalue weighted by atomic mass is 35.5. The summed E-state index contributed by atoms with van der Waals surface area (Å²) < 4.78 is 10.8. The molecule has 1 unspecified atom stereocenters. The molecule has 0 spiro atoms. The van der Waals surface area contributed by atoms with Crippen LogP contribution in [-0.2, 0) is 14.3 Å². The van der Waals surface area contributed by atoms with E-state index in [9.17, 15) is 4.79 Å². The number of likely N-dealkylation sites (tertiary alicyclic amines) is 1. The number of carbonyl (C=O) groups excluding carboxylic acids is 1. The summed E-state index contributed by atoms with van der Waals surface area (Å²) in [6.07, 6.45) is 6.22. The van der Waals surface area contributed by atoms with E-state index in [4.69, 9.17) is 9.47 Å². The van der Waals surface area contributed by atoms with Gasteiger partial charge in [-0.2, -0.15) is 0 Å². The predicted octanol–water partition coefficient (Wildman–Crippen LogP) is 1.59. The van der Waals surface area contributed by atoms with Gasteiger partial charge in [0.1, 0.15) is 0 Å². The van der Waals surface area contributed by atoms with Gasteiger partial charge in [0.15, 0.2) is 0 Å². The van der Waals surface area contributed by atoms with Crippen LogP contribution >= 0.6 is 12.4 Å². The van der Waals surface area contributed by atoms with Gasteiger partial charge in [0.25, 0.3) is 0 Å². The average molecular weight is 321 g/mol. The third-order valence-corrected chi connectivity index (χ3v) is 4.22. The van der Waals surface area contributed by atoms with Gasteiger partial charge in [-0.25, -0.2) is 0 Å². The Hall–Kier alpha value is -0.360. The Morgan fingerprint density at radius 3 is 2.62 bits per heavy atom. The summed E-state index contributed by atoms with van der Waals surface area (Å²) in [5, 5.41) is 3.39. The minimum atomic E-state index is 0. The van der Waals surface area contributed by atoms with Crippen LogP contribution in [0.5, 0.6) is 0 Å². The number of hydrogen-bond donors (Lipinski definition) is 1. The van der Waals surface area contributed by atoms with Crippen molar-refractivity contribution in [2.75, 3.05) is 40.0 Å². The number of rotatable bonds is 7. The maximum atomic E-state index is 12.2. The molecule has 0 bridgehead atoms. The molecule has 2 fully saturated rings. The molecular formula is C15H29ClN2O3. The number of nitrogens with one attached hydrogen (secondary N) is 1. The van der Waals surface area contributed by atoms with E-state index < -0.39 is 0 Å². The van der Waals surface area contributed by atoms with Crippen LogP contribution in [0.25, 0.3) is 0 Å². The maximum absolute atomic E-state index is 12.2. The molecule has 2 aliphatic rings. The molecule has 1 amide bonds. The summed E-state index contributed by atoms with van der Waals surface area (Å²) >= 11 is 0. The van der Waals surface area contributed by atoms with E-state index in [1.807, 2.05) is 4.90 Å². The van der Waals surface area contributed by atoms with Crippen LogP contribution in [0.15, 0.2) is 0 Å². The zero-order valence-corrected chi connectivity index (χ0v) is 13.8. The molecular weight excluding hydrogens is 292 g/mol. The standard InChI is InChI=1S/C15H28N2O3.ClH/c1-19-10-3-11-20-14-5-8-17(9-6-14)15(18)12-13-4-2-7-16-13;/h13-14,16H,2-12H2,1H3;1H. The van der Waals surface area contributed by atoms with Crippen molar-refractivity contribution in [3.05, 3.63) is 0 Å². The third-order valence-electron chi connectivity index (χ3n) is 4.22. The summed E-state index contributed by atoms with van der Waals surface area (Å²) in [4.78, 5) is 14.2. The summed E-state index contributed by atoms with van der Waals surface area (Å²) in [6.45, 7) is 4.28. The van der Waals surface area contributed by atoms with Crippen LogP contribution in [0.4, 0.5) is 0 Å². The number of halogens is 1. The first-order valence-electron chi connectivity index (χ1n) is 7.91. The Balaban J connectivity index is 0.00000220. The molecule has 2 aliphatic heterocycles. The van der Waals surface area contributed by atoms with Gasteiger partial charge in [0.05, 0.1) is 6.10 Å².